The minimum Gasteiger partial charge on any atom is -1.00 e. The topological polar surface area (TPSA) is 0 Å². The summed E-state index contributed by atoms with van der Waals surface area (Å²) in [5.41, 5.74) is 2.77. The summed E-state index contributed by atoms with van der Waals surface area (Å²) in [5, 5.41) is 10.5. The van der Waals surface area contributed by atoms with Crippen molar-refractivity contribution >= 4 is 48.7 Å². The standard InChI is InChI=1S/C27H18.Cs.H/c1-2-7-18(6-1)24-11-5-10-21-15-23-13-12-22-14-19-8-3-4-9-20(19)16-25(22)27(23)17-26(21)24;;/h1-6,8-17H,7H2;;/q;+1;-1. The van der Waals surface area contributed by atoms with Crippen molar-refractivity contribution in [3.05, 3.63) is 103 Å². The Morgan fingerprint density at radius 2 is 1.21 bits per heavy atom. The zero-order valence-electron chi connectivity index (χ0n) is 16.9. The van der Waals surface area contributed by atoms with Crippen LogP contribution >= 0.6 is 0 Å². The molecule has 1 aliphatic rings. The molecule has 0 amide bonds. The van der Waals surface area contributed by atoms with Crippen LogP contribution in [0.5, 0.6) is 0 Å². The molecule has 0 saturated heterocycles. The predicted molar refractivity (Wildman–Crippen MR) is 119 cm³/mol. The third-order valence-electron chi connectivity index (χ3n) is 5.82. The SMILES string of the molecule is C1=CCC(c2cccc3cc4ccc5cc6ccccc6cc5c4cc23)=C1.[Cs+].[H-]. The molecule has 5 aromatic rings. The molecule has 0 N–H and O–H groups in total. The van der Waals surface area contributed by atoms with E-state index in [4.69, 9.17) is 0 Å². The number of benzene rings is 5. The van der Waals surface area contributed by atoms with E-state index >= 15 is 0 Å². The van der Waals surface area contributed by atoms with E-state index in [0.29, 0.717) is 0 Å². The average molecular weight is 476 g/mol. The molecular weight excluding hydrogens is 457 g/mol. The van der Waals surface area contributed by atoms with Crippen LogP contribution in [0.25, 0.3) is 48.7 Å². The van der Waals surface area contributed by atoms with Gasteiger partial charge in [-0.1, -0.05) is 72.8 Å². The molecule has 6 rings (SSSR count). The van der Waals surface area contributed by atoms with Crippen LogP contribution in [-0.2, 0) is 0 Å². The van der Waals surface area contributed by atoms with Gasteiger partial charge in [0.25, 0.3) is 0 Å². The number of allylic oxidation sites excluding steroid dienone is 4. The fourth-order valence-corrected chi connectivity index (χ4v) is 4.45. The first-order valence-corrected chi connectivity index (χ1v) is 9.51. The fourth-order valence-electron chi connectivity index (χ4n) is 4.45. The van der Waals surface area contributed by atoms with Gasteiger partial charge in [-0.2, -0.15) is 0 Å². The largest absolute Gasteiger partial charge is 1.00 e. The van der Waals surface area contributed by atoms with Crippen LogP contribution in [0.4, 0.5) is 0 Å². The van der Waals surface area contributed by atoms with Gasteiger partial charge >= 0.3 is 68.9 Å². The van der Waals surface area contributed by atoms with Gasteiger partial charge in [0.15, 0.2) is 0 Å². The van der Waals surface area contributed by atoms with Gasteiger partial charge in [0.05, 0.1) is 0 Å². The Hall–Kier alpha value is -1.33. The van der Waals surface area contributed by atoms with E-state index in [1.807, 2.05) is 0 Å². The summed E-state index contributed by atoms with van der Waals surface area (Å²) < 4.78 is 0. The van der Waals surface area contributed by atoms with E-state index in [1.54, 1.807) is 0 Å². The Bertz CT molecular complexity index is 1440. The molecule has 0 aliphatic heterocycles. The molecule has 0 fully saturated rings. The zero-order chi connectivity index (χ0) is 17.8. The molecule has 28 heavy (non-hydrogen) atoms. The predicted octanol–water partition coefficient (Wildman–Crippen LogP) is 4.76. The summed E-state index contributed by atoms with van der Waals surface area (Å²) in [7, 11) is 0. The summed E-state index contributed by atoms with van der Waals surface area (Å²) >= 11 is 0. The van der Waals surface area contributed by atoms with Crippen molar-refractivity contribution in [3.8, 4) is 0 Å². The van der Waals surface area contributed by atoms with Crippen LogP contribution in [0.1, 0.15) is 13.4 Å². The summed E-state index contributed by atoms with van der Waals surface area (Å²) in [5.74, 6) is 0. The Morgan fingerprint density at radius 3 is 1.96 bits per heavy atom. The van der Waals surface area contributed by atoms with Crippen molar-refractivity contribution in [3.63, 3.8) is 0 Å². The van der Waals surface area contributed by atoms with Crippen molar-refractivity contribution < 1.29 is 70.3 Å². The van der Waals surface area contributed by atoms with Crippen LogP contribution in [0.15, 0.2) is 97.1 Å². The zero-order valence-corrected chi connectivity index (χ0v) is 22.2. The van der Waals surface area contributed by atoms with Crippen molar-refractivity contribution in [2.24, 2.45) is 0 Å². The molecule has 0 radical (unpaired) electrons. The van der Waals surface area contributed by atoms with Crippen LogP contribution in [0.3, 0.4) is 0 Å². The molecule has 0 nitrogen and oxygen atoms in total. The van der Waals surface area contributed by atoms with Crippen LogP contribution < -0.4 is 68.9 Å². The second kappa shape index (κ2) is 7.49. The molecule has 1 heteroatoms. The number of fused-ring (bicyclic) bond motifs is 5. The molecule has 0 atom stereocenters. The first kappa shape index (κ1) is 18.7. The third kappa shape index (κ3) is 3.02. The van der Waals surface area contributed by atoms with Crippen molar-refractivity contribution in [2.75, 3.05) is 0 Å². The van der Waals surface area contributed by atoms with Crippen molar-refractivity contribution in [1.29, 1.82) is 0 Å². The number of rotatable bonds is 1. The van der Waals surface area contributed by atoms with Gasteiger partial charge in [0.1, 0.15) is 0 Å². The van der Waals surface area contributed by atoms with Gasteiger partial charge in [-0.15, -0.1) is 0 Å². The second-order valence-electron chi connectivity index (χ2n) is 7.41. The van der Waals surface area contributed by atoms with Gasteiger partial charge in [0.2, 0.25) is 0 Å². The molecular formula is C27H19Cs. The molecule has 0 heterocycles. The minimum absolute atomic E-state index is 0. The van der Waals surface area contributed by atoms with E-state index in [9.17, 15) is 0 Å². The molecule has 128 valence electrons. The molecule has 0 bridgehead atoms. The van der Waals surface area contributed by atoms with Gasteiger partial charge in [-0.05, 0) is 84.9 Å². The van der Waals surface area contributed by atoms with Crippen LogP contribution in [0.2, 0.25) is 0 Å². The first-order valence-electron chi connectivity index (χ1n) is 9.51. The third-order valence-corrected chi connectivity index (χ3v) is 5.82. The first-order chi connectivity index (χ1) is 13.4. The van der Waals surface area contributed by atoms with Crippen molar-refractivity contribution in [1.82, 2.24) is 0 Å². The normalized spacial score (nSPS) is 13.4. The average Bonchev–Trinajstić information content (AvgIpc) is 3.25. The minimum atomic E-state index is 0. The molecule has 0 unspecified atom stereocenters. The Labute approximate surface area is 224 Å². The monoisotopic (exact) mass is 476 g/mol. The second-order valence-corrected chi connectivity index (χ2v) is 7.41. The van der Waals surface area contributed by atoms with E-state index in [1.165, 1.54) is 54.2 Å². The maximum Gasteiger partial charge on any atom is 1.00 e. The maximum atomic E-state index is 2.40. The number of hydrogen-bond acceptors (Lipinski definition) is 0. The summed E-state index contributed by atoms with van der Waals surface area (Å²) in [6.07, 6.45) is 7.67. The Balaban J connectivity index is 0.00000102. The molecule has 0 saturated carbocycles. The van der Waals surface area contributed by atoms with Crippen LogP contribution in [-0.4, -0.2) is 0 Å². The quantitative estimate of drug-likeness (QED) is 0.242. The molecule has 0 spiro atoms. The van der Waals surface area contributed by atoms with Crippen molar-refractivity contribution in [2.45, 2.75) is 6.42 Å². The van der Waals surface area contributed by atoms with E-state index in [0.717, 1.165) is 6.42 Å². The number of hydrogen-bond donors (Lipinski definition) is 0. The van der Waals surface area contributed by atoms with Gasteiger partial charge in [-0.3, -0.25) is 0 Å². The van der Waals surface area contributed by atoms with E-state index in [2.05, 4.69) is 97.1 Å². The summed E-state index contributed by atoms with van der Waals surface area (Å²) in [6, 6.07) is 29.2. The van der Waals surface area contributed by atoms with Gasteiger partial charge < -0.3 is 1.43 Å². The summed E-state index contributed by atoms with van der Waals surface area (Å²) in [6.45, 7) is 0. The molecule has 0 aromatic heterocycles. The molecule has 1 aliphatic carbocycles. The fraction of sp³-hybridized carbons (Fsp3) is 0.0370. The van der Waals surface area contributed by atoms with Gasteiger partial charge in [-0.25, -0.2) is 0 Å². The van der Waals surface area contributed by atoms with Crippen LogP contribution in [0, 0.1) is 0 Å². The maximum absolute atomic E-state index is 2.40. The van der Waals surface area contributed by atoms with Gasteiger partial charge in [0, 0.05) is 0 Å². The van der Waals surface area contributed by atoms with E-state index < -0.39 is 0 Å². The summed E-state index contributed by atoms with van der Waals surface area (Å²) in [4.78, 5) is 0. The molecule has 5 aromatic carbocycles. The Kier molecular flexibility index (Phi) is 5.00. The smallest absolute Gasteiger partial charge is 1.00 e. The van der Waals surface area contributed by atoms with E-state index in [-0.39, 0.29) is 70.3 Å². The Morgan fingerprint density at radius 1 is 0.571 bits per heavy atom.